The summed E-state index contributed by atoms with van der Waals surface area (Å²) in [5.74, 6) is 0.0322. The van der Waals surface area contributed by atoms with Crippen molar-refractivity contribution in [3.05, 3.63) is 35.5 Å². The number of unbranched alkanes of at least 4 members (excludes halogenated alkanes) is 1. The van der Waals surface area contributed by atoms with E-state index in [1.165, 1.54) is 5.69 Å². The Morgan fingerprint density at radius 1 is 0.952 bits per heavy atom. The van der Waals surface area contributed by atoms with Crippen LogP contribution in [-0.4, -0.2) is 82.0 Å². The van der Waals surface area contributed by atoms with Gasteiger partial charge in [-0.15, -0.1) is 0 Å². The molecule has 4 heterocycles. The monoisotopic (exact) mass is 575 g/mol. The molecular formula is C33H45N5O4. The minimum Gasteiger partial charge on any atom is -0.449 e. The Bertz CT molecular complexity index is 1320. The van der Waals surface area contributed by atoms with Gasteiger partial charge in [0.15, 0.2) is 0 Å². The highest BCUT2D eigenvalue weighted by Crippen LogP contribution is 2.31. The van der Waals surface area contributed by atoms with Gasteiger partial charge in [-0.2, -0.15) is 5.26 Å². The molecule has 1 aromatic carbocycles. The van der Waals surface area contributed by atoms with Gasteiger partial charge in [0.1, 0.15) is 6.04 Å². The van der Waals surface area contributed by atoms with Gasteiger partial charge in [0.25, 0.3) is 0 Å². The van der Waals surface area contributed by atoms with Crippen LogP contribution in [0.5, 0.6) is 0 Å². The Morgan fingerprint density at radius 2 is 1.71 bits per heavy atom. The predicted molar refractivity (Wildman–Crippen MR) is 161 cm³/mol. The lowest BCUT2D eigenvalue weighted by atomic mass is 9.95. The van der Waals surface area contributed by atoms with Crippen LogP contribution in [0.3, 0.4) is 0 Å². The summed E-state index contributed by atoms with van der Waals surface area (Å²) in [5, 5.41) is 10.5. The van der Waals surface area contributed by atoms with Crippen molar-refractivity contribution >= 4 is 28.8 Å². The molecule has 3 fully saturated rings. The van der Waals surface area contributed by atoms with E-state index in [-0.39, 0.29) is 35.9 Å². The van der Waals surface area contributed by atoms with Gasteiger partial charge < -0.3 is 24.0 Å². The molecule has 1 aromatic heterocycles. The smallest absolute Gasteiger partial charge is 0.409 e. The largest absolute Gasteiger partial charge is 0.449 e. The molecule has 42 heavy (non-hydrogen) atoms. The van der Waals surface area contributed by atoms with Crippen molar-refractivity contribution in [1.82, 2.24) is 19.3 Å². The fourth-order valence-electron chi connectivity index (χ4n) is 7.12. The van der Waals surface area contributed by atoms with Crippen LogP contribution < -0.4 is 0 Å². The third-order valence-electron chi connectivity index (χ3n) is 9.48. The molecule has 3 aliphatic heterocycles. The Morgan fingerprint density at radius 3 is 2.45 bits per heavy atom. The second kappa shape index (κ2) is 13.6. The van der Waals surface area contributed by atoms with Crippen molar-refractivity contribution in [1.29, 1.82) is 5.26 Å². The van der Waals surface area contributed by atoms with Crippen LogP contribution in [0.4, 0.5) is 4.79 Å². The molecule has 0 unspecified atom stereocenters. The van der Waals surface area contributed by atoms with Crippen molar-refractivity contribution in [3.8, 4) is 6.07 Å². The molecule has 9 heteroatoms. The molecule has 0 spiro atoms. The van der Waals surface area contributed by atoms with E-state index in [0.29, 0.717) is 44.6 Å². The zero-order valence-corrected chi connectivity index (χ0v) is 25.2. The van der Waals surface area contributed by atoms with E-state index in [4.69, 9.17) is 4.74 Å². The third-order valence-corrected chi connectivity index (χ3v) is 9.48. The Balaban J connectivity index is 1.18. The normalized spacial score (nSPS) is 21.2. The molecule has 3 aliphatic rings. The third kappa shape index (κ3) is 6.28. The number of nitriles is 1. The molecule has 0 N–H and O–H groups in total. The van der Waals surface area contributed by atoms with Gasteiger partial charge in [-0.25, -0.2) is 4.79 Å². The average Bonchev–Trinajstić information content (AvgIpc) is 3.77. The number of rotatable bonds is 9. The summed E-state index contributed by atoms with van der Waals surface area (Å²) >= 11 is 0. The first-order chi connectivity index (χ1) is 20.4. The van der Waals surface area contributed by atoms with E-state index in [9.17, 15) is 19.6 Å². The highest BCUT2D eigenvalue weighted by Gasteiger charge is 2.42. The summed E-state index contributed by atoms with van der Waals surface area (Å²) in [6.07, 6.45) is 8.10. The van der Waals surface area contributed by atoms with Crippen molar-refractivity contribution in [3.63, 3.8) is 0 Å². The fraction of sp³-hybridized carbons (Fsp3) is 0.636. The maximum Gasteiger partial charge on any atom is 0.409 e. The van der Waals surface area contributed by atoms with Crippen molar-refractivity contribution in [2.45, 2.75) is 96.7 Å². The number of carbonyl (C=O) groups excluding carboxylic acids is 3. The zero-order valence-electron chi connectivity index (χ0n) is 25.2. The maximum absolute atomic E-state index is 13.9. The quantitative estimate of drug-likeness (QED) is 0.388. The van der Waals surface area contributed by atoms with Crippen LogP contribution in [0, 0.1) is 17.2 Å². The fourth-order valence-corrected chi connectivity index (χ4v) is 7.12. The number of aromatic nitrogens is 1. The lowest BCUT2D eigenvalue weighted by Gasteiger charge is -2.36. The molecule has 3 saturated heterocycles. The number of ether oxygens (including phenoxy) is 1. The number of nitrogens with zero attached hydrogens (tertiary/aromatic N) is 5. The zero-order chi connectivity index (χ0) is 29.6. The number of hydrogen-bond acceptors (Lipinski definition) is 5. The summed E-state index contributed by atoms with van der Waals surface area (Å²) in [4.78, 5) is 45.4. The minimum absolute atomic E-state index is 0.0739. The summed E-state index contributed by atoms with van der Waals surface area (Å²) in [6, 6.07) is 10.1. The number of carbonyl (C=O) groups is 3. The first-order valence-corrected chi connectivity index (χ1v) is 16.0. The van der Waals surface area contributed by atoms with Crippen molar-refractivity contribution in [2.75, 3.05) is 32.8 Å². The predicted octanol–water partition coefficient (Wildman–Crippen LogP) is 5.10. The first kappa shape index (κ1) is 29.9. The topological polar surface area (TPSA) is 98.9 Å². The molecule has 0 radical (unpaired) electrons. The number of aryl methyl sites for hydroxylation is 2. The lowest BCUT2D eigenvalue weighted by Crippen LogP contribution is -2.52. The van der Waals surface area contributed by atoms with Gasteiger partial charge in [0.05, 0.1) is 18.2 Å². The molecule has 0 bridgehead atoms. The van der Waals surface area contributed by atoms with Gasteiger partial charge in [-0.3, -0.25) is 9.59 Å². The van der Waals surface area contributed by atoms with E-state index in [1.54, 1.807) is 4.90 Å². The van der Waals surface area contributed by atoms with Crippen LogP contribution in [0.25, 0.3) is 10.9 Å². The highest BCUT2D eigenvalue weighted by atomic mass is 16.6. The number of benzene rings is 1. The molecule has 0 saturated carbocycles. The summed E-state index contributed by atoms with van der Waals surface area (Å²) in [5.41, 5.74) is 2.99. The number of amides is 3. The van der Waals surface area contributed by atoms with Gasteiger partial charge in [0, 0.05) is 55.9 Å². The van der Waals surface area contributed by atoms with E-state index in [2.05, 4.69) is 35.5 Å². The number of likely N-dealkylation sites (tertiary alicyclic amines) is 3. The van der Waals surface area contributed by atoms with Crippen LogP contribution in [-0.2, 0) is 27.3 Å². The van der Waals surface area contributed by atoms with E-state index in [1.807, 2.05) is 23.1 Å². The van der Waals surface area contributed by atoms with Crippen LogP contribution >= 0.6 is 0 Å². The molecule has 5 rings (SSSR count). The Kier molecular flexibility index (Phi) is 9.71. The lowest BCUT2D eigenvalue weighted by molar-refractivity contribution is -0.147. The van der Waals surface area contributed by atoms with Gasteiger partial charge in [-0.05, 0) is 88.3 Å². The van der Waals surface area contributed by atoms with Crippen LogP contribution in [0.2, 0.25) is 0 Å². The second-order valence-electron chi connectivity index (χ2n) is 12.1. The Labute approximate surface area is 249 Å². The van der Waals surface area contributed by atoms with Crippen LogP contribution in [0.15, 0.2) is 24.3 Å². The molecule has 0 aliphatic carbocycles. The van der Waals surface area contributed by atoms with E-state index < -0.39 is 0 Å². The molecule has 2 aromatic rings. The van der Waals surface area contributed by atoms with Gasteiger partial charge >= 0.3 is 6.09 Å². The van der Waals surface area contributed by atoms with Gasteiger partial charge in [0.2, 0.25) is 11.8 Å². The van der Waals surface area contributed by atoms with Gasteiger partial charge in [-0.1, -0.05) is 19.4 Å². The average molecular weight is 576 g/mol. The molecule has 2 atom stereocenters. The molecular weight excluding hydrogens is 530 g/mol. The standard InChI is InChI=1S/C33H45N5O4/c1-3-5-20-42-33(41)35-18-14-25(15-19-35)31(39)38-17-7-9-29(38)32(40)37-16-6-8-27(37)12-13-28-22-26-11-10-24(23-34)21-30(26)36(28)4-2/h10-11,21-22,25,27,29H,3-9,12-20H2,1-2H3/t27-,29+/m0/s1. The number of hydrogen-bond donors (Lipinski definition) is 0. The summed E-state index contributed by atoms with van der Waals surface area (Å²) in [6.45, 7) is 7.89. The van der Waals surface area contributed by atoms with Crippen molar-refractivity contribution in [2.24, 2.45) is 5.92 Å². The summed E-state index contributed by atoms with van der Waals surface area (Å²) < 4.78 is 7.63. The highest BCUT2D eigenvalue weighted by molar-refractivity contribution is 5.89. The number of piperidine rings is 1. The number of fused-ring (bicyclic) bond motifs is 1. The molecule has 3 amide bonds. The van der Waals surface area contributed by atoms with Crippen LogP contribution in [0.1, 0.15) is 82.9 Å². The van der Waals surface area contributed by atoms with Crippen molar-refractivity contribution < 1.29 is 19.1 Å². The van der Waals surface area contributed by atoms with E-state index >= 15 is 0 Å². The first-order valence-electron chi connectivity index (χ1n) is 16.0. The molecule has 226 valence electrons. The summed E-state index contributed by atoms with van der Waals surface area (Å²) in [7, 11) is 0. The minimum atomic E-state index is -0.373. The second-order valence-corrected chi connectivity index (χ2v) is 12.1. The maximum atomic E-state index is 13.9. The van der Waals surface area contributed by atoms with E-state index in [0.717, 1.165) is 75.4 Å². The Hall–Kier alpha value is -3.54. The molecule has 9 nitrogen and oxygen atoms in total. The SMILES string of the molecule is CCCCOC(=O)N1CCC(C(=O)N2CCC[C@@H]2C(=O)N2CCC[C@H]2CCc2cc3ccc(C#N)cc3n2CC)CC1.